The Morgan fingerprint density at radius 1 is 1.33 bits per heavy atom. The SMILES string of the molecule is CC(C)N1C(=O)C2(CCCC2)C1C(=O)NC1CC1. The first-order valence-electron chi connectivity index (χ1n) is 7.19. The zero-order chi connectivity index (χ0) is 12.9. The van der Waals surface area contributed by atoms with Crippen molar-refractivity contribution in [1.29, 1.82) is 0 Å². The quantitative estimate of drug-likeness (QED) is 0.771. The van der Waals surface area contributed by atoms with E-state index >= 15 is 0 Å². The van der Waals surface area contributed by atoms with Gasteiger partial charge in [-0.15, -0.1) is 0 Å². The number of amides is 2. The summed E-state index contributed by atoms with van der Waals surface area (Å²) in [6, 6.07) is 0.299. The summed E-state index contributed by atoms with van der Waals surface area (Å²) in [4.78, 5) is 26.6. The number of nitrogens with zero attached hydrogens (tertiary/aromatic N) is 1. The molecule has 100 valence electrons. The fourth-order valence-corrected chi connectivity index (χ4v) is 3.60. The number of rotatable bonds is 3. The fraction of sp³-hybridized carbons (Fsp3) is 0.857. The van der Waals surface area contributed by atoms with Gasteiger partial charge in [-0.05, 0) is 39.5 Å². The molecule has 1 saturated heterocycles. The number of β-lactam (4-membered cyclic amide) rings is 1. The van der Waals surface area contributed by atoms with Crippen molar-refractivity contribution in [2.45, 2.75) is 70.5 Å². The van der Waals surface area contributed by atoms with Crippen LogP contribution in [0, 0.1) is 5.41 Å². The van der Waals surface area contributed by atoms with Gasteiger partial charge in [-0.25, -0.2) is 0 Å². The number of hydrogen-bond acceptors (Lipinski definition) is 2. The molecule has 1 unspecified atom stereocenters. The van der Waals surface area contributed by atoms with Crippen LogP contribution in [-0.4, -0.2) is 34.8 Å². The molecule has 3 rings (SSSR count). The summed E-state index contributed by atoms with van der Waals surface area (Å²) >= 11 is 0. The van der Waals surface area contributed by atoms with Crippen LogP contribution < -0.4 is 5.32 Å². The van der Waals surface area contributed by atoms with E-state index in [1.165, 1.54) is 0 Å². The molecule has 3 aliphatic rings. The molecule has 1 atom stereocenters. The minimum Gasteiger partial charge on any atom is -0.352 e. The number of carbonyl (C=O) groups is 2. The maximum atomic E-state index is 12.4. The highest BCUT2D eigenvalue weighted by atomic mass is 16.2. The molecule has 0 aromatic carbocycles. The lowest BCUT2D eigenvalue weighted by atomic mass is 9.68. The van der Waals surface area contributed by atoms with E-state index in [4.69, 9.17) is 0 Å². The third-order valence-corrected chi connectivity index (χ3v) is 4.69. The lowest BCUT2D eigenvalue weighted by Gasteiger charge is -2.55. The second-order valence-corrected chi connectivity index (χ2v) is 6.35. The first-order chi connectivity index (χ1) is 8.56. The average molecular weight is 250 g/mol. The number of nitrogens with one attached hydrogen (secondary N) is 1. The van der Waals surface area contributed by atoms with Crippen molar-refractivity contribution in [2.75, 3.05) is 0 Å². The van der Waals surface area contributed by atoms with E-state index in [1.54, 1.807) is 4.90 Å². The van der Waals surface area contributed by atoms with E-state index in [9.17, 15) is 9.59 Å². The van der Waals surface area contributed by atoms with Crippen LogP contribution in [0.4, 0.5) is 0 Å². The highest BCUT2D eigenvalue weighted by Crippen LogP contribution is 2.52. The number of likely N-dealkylation sites (tertiary alicyclic amines) is 1. The molecule has 0 bridgehead atoms. The zero-order valence-electron chi connectivity index (χ0n) is 11.2. The van der Waals surface area contributed by atoms with Gasteiger partial charge in [0.1, 0.15) is 6.04 Å². The van der Waals surface area contributed by atoms with Gasteiger partial charge in [0.2, 0.25) is 11.8 Å². The molecule has 1 N–H and O–H groups in total. The molecule has 0 aromatic rings. The van der Waals surface area contributed by atoms with Crippen molar-refractivity contribution in [3.05, 3.63) is 0 Å². The van der Waals surface area contributed by atoms with Gasteiger partial charge in [0.25, 0.3) is 0 Å². The highest BCUT2D eigenvalue weighted by Gasteiger charge is 2.64. The van der Waals surface area contributed by atoms with Gasteiger partial charge in [0.15, 0.2) is 0 Å². The second kappa shape index (κ2) is 3.97. The molecule has 1 aliphatic heterocycles. The topological polar surface area (TPSA) is 49.4 Å². The van der Waals surface area contributed by atoms with Gasteiger partial charge in [-0.1, -0.05) is 12.8 Å². The Balaban J connectivity index is 1.81. The smallest absolute Gasteiger partial charge is 0.244 e. The second-order valence-electron chi connectivity index (χ2n) is 6.35. The predicted molar refractivity (Wildman–Crippen MR) is 67.8 cm³/mol. The molecule has 1 heterocycles. The Labute approximate surface area is 108 Å². The van der Waals surface area contributed by atoms with Crippen molar-refractivity contribution < 1.29 is 9.59 Å². The first kappa shape index (κ1) is 12.0. The first-order valence-corrected chi connectivity index (χ1v) is 7.19. The van der Waals surface area contributed by atoms with Gasteiger partial charge < -0.3 is 10.2 Å². The van der Waals surface area contributed by atoms with E-state index < -0.39 is 0 Å². The van der Waals surface area contributed by atoms with E-state index in [0.717, 1.165) is 38.5 Å². The minimum absolute atomic E-state index is 0.0905. The Bertz CT molecular complexity index is 381. The Hall–Kier alpha value is -1.06. The van der Waals surface area contributed by atoms with Crippen molar-refractivity contribution in [3.8, 4) is 0 Å². The number of hydrogen-bond donors (Lipinski definition) is 1. The van der Waals surface area contributed by atoms with E-state index in [-0.39, 0.29) is 29.3 Å². The molecule has 1 spiro atoms. The Morgan fingerprint density at radius 2 is 1.94 bits per heavy atom. The van der Waals surface area contributed by atoms with Gasteiger partial charge in [-0.2, -0.15) is 0 Å². The lowest BCUT2D eigenvalue weighted by Crippen LogP contribution is -2.74. The van der Waals surface area contributed by atoms with Crippen LogP contribution in [0.15, 0.2) is 0 Å². The standard InChI is InChI=1S/C14H22N2O2/c1-9(2)16-11(12(17)15-10-5-6-10)14(13(16)18)7-3-4-8-14/h9-11H,3-8H2,1-2H3,(H,15,17). The van der Waals surface area contributed by atoms with Gasteiger partial charge in [0, 0.05) is 12.1 Å². The normalized spacial score (nSPS) is 29.8. The maximum absolute atomic E-state index is 12.4. The van der Waals surface area contributed by atoms with E-state index in [1.807, 2.05) is 13.8 Å². The molecule has 2 aliphatic carbocycles. The molecule has 0 radical (unpaired) electrons. The van der Waals surface area contributed by atoms with Crippen molar-refractivity contribution in [2.24, 2.45) is 5.41 Å². The largest absolute Gasteiger partial charge is 0.352 e. The molecular formula is C14H22N2O2. The minimum atomic E-state index is -0.344. The van der Waals surface area contributed by atoms with Crippen LogP contribution in [0.1, 0.15) is 52.4 Å². The summed E-state index contributed by atoms with van der Waals surface area (Å²) in [7, 11) is 0. The summed E-state index contributed by atoms with van der Waals surface area (Å²) in [5, 5.41) is 3.08. The van der Waals surface area contributed by atoms with Crippen molar-refractivity contribution in [1.82, 2.24) is 10.2 Å². The molecule has 3 fully saturated rings. The molecule has 2 saturated carbocycles. The van der Waals surface area contributed by atoms with Crippen LogP contribution in [0.2, 0.25) is 0 Å². The van der Waals surface area contributed by atoms with Crippen molar-refractivity contribution in [3.63, 3.8) is 0 Å². The average Bonchev–Trinajstić information content (AvgIpc) is 2.97. The van der Waals surface area contributed by atoms with Gasteiger partial charge in [-0.3, -0.25) is 9.59 Å². The predicted octanol–water partition coefficient (Wildman–Crippen LogP) is 1.44. The van der Waals surface area contributed by atoms with Crippen LogP contribution in [0.3, 0.4) is 0 Å². The van der Waals surface area contributed by atoms with E-state index in [2.05, 4.69) is 5.32 Å². The molecule has 2 amide bonds. The summed E-state index contributed by atoms with van der Waals surface area (Å²) < 4.78 is 0. The maximum Gasteiger partial charge on any atom is 0.244 e. The van der Waals surface area contributed by atoms with Crippen LogP contribution in [-0.2, 0) is 9.59 Å². The van der Waals surface area contributed by atoms with Crippen LogP contribution >= 0.6 is 0 Å². The monoisotopic (exact) mass is 250 g/mol. The molecule has 4 nitrogen and oxygen atoms in total. The summed E-state index contributed by atoms with van der Waals surface area (Å²) in [5.74, 6) is 0.304. The lowest BCUT2D eigenvalue weighted by molar-refractivity contribution is -0.181. The van der Waals surface area contributed by atoms with Gasteiger partial charge >= 0.3 is 0 Å². The molecule has 4 heteroatoms. The molecule has 0 aromatic heterocycles. The fourth-order valence-electron chi connectivity index (χ4n) is 3.60. The summed E-state index contributed by atoms with van der Waals surface area (Å²) in [6.07, 6.45) is 6.17. The van der Waals surface area contributed by atoms with E-state index in [0.29, 0.717) is 6.04 Å². The van der Waals surface area contributed by atoms with Crippen LogP contribution in [0.25, 0.3) is 0 Å². The third kappa shape index (κ3) is 1.57. The summed E-state index contributed by atoms with van der Waals surface area (Å²) in [5.41, 5.74) is -0.344. The Kier molecular flexibility index (Phi) is 2.65. The summed E-state index contributed by atoms with van der Waals surface area (Å²) in [6.45, 7) is 3.99. The van der Waals surface area contributed by atoms with Gasteiger partial charge in [0.05, 0.1) is 5.41 Å². The third-order valence-electron chi connectivity index (χ3n) is 4.69. The molecule has 18 heavy (non-hydrogen) atoms. The van der Waals surface area contributed by atoms with Crippen molar-refractivity contribution >= 4 is 11.8 Å². The highest BCUT2D eigenvalue weighted by molar-refractivity contribution is 6.02. The molecular weight excluding hydrogens is 228 g/mol. The number of carbonyl (C=O) groups excluding carboxylic acids is 2. The van der Waals surface area contributed by atoms with Crippen LogP contribution in [0.5, 0.6) is 0 Å². The Morgan fingerprint density at radius 3 is 2.44 bits per heavy atom. The zero-order valence-corrected chi connectivity index (χ0v) is 11.2.